The summed E-state index contributed by atoms with van der Waals surface area (Å²) in [5, 5.41) is 19.0. The molecule has 0 saturated heterocycles. The molecule has 14 heteroatoms. The highest BCUT2D eigenvalue weighted by atomic mass is 32.2. The van der Waals surface area contributed by atoms with Gasteiger partial charge in [-0.3, -0.25) is 9.59 Å². The molecule has 0 aliphatic carbocycles. The van der Waals surface area contributed by atoms with Gasteiger partial charge in [-0.15, -0.1) is 0 Å². The molecule has 1 aliphatic heterocycles. The van der Waals surface area contributed by atoms with Crippen molar-refractivity contribution in [3.63, 3.8) is 0 Å². The summed E-state index contributed by atoms with van der Waals surface area (Å²) in [5.41, 5.74) is 6.78. The average molecular weight is 655 g/mol. The number of benzene rings is 3. The summed E-state index contributed by atoms with van der Waals surface area (Å²) in [5.74, 6) is -0.974. The topological polar surface area (TPSA) is 201 Å². The molecule has 2 amide bonds. The van der Waals surface area contributed by atoms with Gasteiger partial charge in [0.25, 0.3) is 21.8 Å². The third-order valence-electron chi connectivity index (χ3n) is 7.40. The lowest BCUT2D eigenvalue weighted by Crippen LogP contribution is -2.38. The van der Waals surface area contributed by atoms with Crippen LogP contribution in [0.2, 0.25) is 0 Å². The van der Waals surface area contributed by atoms with E-state index in [-0.39, 0.29) is 40.3 Å². The fourth-order valence-corrected chi connectivity index (χ4v) is 6.30. The lowest BCUT2D eigenvalue weighted by molar-refractivity contribution is -0.125. The number of nitrogens with one attached hydrogen (secondary N) is 1. The van der Waals surface area contributed by atoms with Crippen molar-refractivity contribution in [3.8, 4) is 29.4 Å². The second kappa shape index (κ2) is 13.2. The van der Waals surface area contributed by atoms with Crippen LogP contribution in [0.15, 0.2) is 65.6 Å². The van der Waals surface area contributed by atoms with Gasteiger partial charge in [0.15, 0.2) is 22.9 Å². The Kier molecular flexibility index (Phi) is 9.17. The number of H-pyrrole nitrogens is 1. The van der Waals surface area contributed by atoms with E-state index in [9.17, 15) is 28.5 Å². The number of aryl methyl sites for hydroxylation is 1. The molecular weight excluding hydrogens is 624 g/mol. The molecule has 1 aliphatic rings. The number of amides is 2. The van der Waals surface area contributed by atoms with Crippen LogP contribution < -0.4 is 24.2 Å². The lowest BCUT2D eigenvalue weighted by Gasteiger charge is -2.22. The molecule has 13 nitrogen and oxygen atoms in total. The van der Waals surface area contributed by atoms with Crippen LogP contribution in [0.1, 0.15) is 77.7 Å². The standard InChI is InChI=1S/C33H30N6O7S/c1-4-5-21-14-23(9-12-27(21)46-30(31(36)40)22-8-13-28-29(15-22)45-18-44-28)32(41)39(33-37-25(16-34)26(17-35)38-33)47(42,43)24-10-6-20(7-11-24)19(2)3/h6-15,19,30H,4-5,18H2,1-3H3,(H2,36,40)(H,37,38). The first kappa shape index (κ1) is 32.5. The zero-order valence-corrected chi connectivity index (χ0v) is 26.5. The number of ether oxygens (including phenoxy) is 3. The van der Waals surface area contributed by atoms with Crippen molar-refractivity contribution in [3.05, 3.63) is 94.3 Å². The number of hydrogen-bond acceptors (Lipinski definition) is 10. The lowest BCUT2D eigenvalue weighted by atomic mass is 10.0. The van der Waals surface area contributed by atoms with Gasteiger partial charge in [-0.05, 0) is 65.9 Å². The van der Waals surface area contributed by atoms with Gasteiger partial charge < -0.3 is 24.9 Å². The predicted octanol–water partition coefficient (Wildman–Crippen LogP) is 4.60. The zero-order chi connectivity index (χ0) is 33.9. The molecular formula is C33H30N6O7S. The molecule has 5 rings (SSSR count). The summed E-state index contributed by atoms with van der Waals surface area (Å²) >= 11 is 0. The molecule has 0 fully saturated rings. The molecule has 0 spiro atoms. The number of nitrogens with zero attached hydrogens (tertiary/aromatic N) is 4. The van der Waals surface area contributed by atoms with Gasteiger partial charge in [0.1, 0.15) is 17.9 Å². The van der Waals surface area contributed by atoms with Gasteiger partial charge in [0.2, 0.25) is 18.8 Å². The Morgan fingerprint density at radius 1 is 1.02 bits per heavy atom. The Balaban J connectivity index is 1.56. The summed E-state index contributed by atoms with van der Waals surface area (Å²) in [4.78, 5) is 32.9. The Bertz CT molecular complexity index is 2010. The molecule has 3 aromatic carbocycles. The van der Waals surface area contributed by atoms with Gasteiger partial charge in [-0.1, -0.05) is 45.4 Å². The molecule has 0 bridgehead atoms. The Morgan fingerprint density at radius 3 is 2.34 bits per heavy atom. The molecule has 1 atom stereocenters. The van der Waals surface area contributed by atoms with Crippen molar-refractivity contribution in [2.75, 3.05) is 11.1 Å². The molecule has 0 saturated carbocycles. The van der Waals surface area contributed by atoms with Crippen molar-refractivity contribution in [1.29, 1.82) is 10.5 Å². The van der Waals surface area contributed by atoms with Crippen molar-refractivity contribution in [2.45, 2.75) is 50.5 Å². The summed E-state index contributed by atoms with van der Waals surface area (Å²) in [6.45, 7) is 5.85. The number of aromatic amines is 1. The summed E-state index contributed by atoms with van der Waals surface area (Å²) in [6, 6.07) is 18.7. The number of carbonyl (C=O) groups is 2. The van der Waals surface area contributed by atoms with Crippen LogP contribution in [-0.4, -0.2) is 37.0 Å². The summed E-state index contributed by atoms with van der Waals surface area (Å²) < 4.78 is 45.4. The van der Waals surface area contributed by atoms with Crippen LogP contribution in [0.3, 0.4) is 0 Å². The van der Waals surface area contributed by atoms with E-state index in [0.29, 0.717) is 39.8 Å². The Hall–Kier alpha value is -5.86. The van der Waals surface area contributed by atoms with Crippen molar-refractivity contribution in [2.24, 2.45) is 5.73 Å². The second-order valence-electron chi connectivity index (χ2n) is 10.9. The number of sulfonamides is 1. The second-order valence-corrected chi connectivity index (χ2v) is 12.7. The maximum Gasteiger partial charge on any atom is 0.274 e. The van der Waals surface area contributed by atoms with Crippen molar-refractivity contribution in [1.82, 2.24) is 9.97 Å². The van der Waals surface area contributed by atoms with Crippen LogP contribution in [0.4, 0.5) is 5.95 Å². The molecule has 1 aromatic heterocycles. The molecule has 4 aromatic rings. The Morgan fingerprint density at radius 2 is 1.72 bits per heavy atom. The highest BCUT2D eigenvalue weighted by Gasteiger charge is 2.36. The minimum atomic E-state index is -4.61. The van der Waals surface area contributed by atoms with E-state index in [1.165, 1.54) is 30.3 Å². The van der Waals surface area contributed by atoms with Gasteiger partial charge in [0.05, 0.1) is 4.90 Å². The normalized spacial score (nSPS) is 12.6. The van der Waals surface area contributed by atoms with E-state index in [1.54, 1.807) is 42.5 Å². The van der Waals surface area contributed by atoms with Crippen molar-refractivity contribution >= 4 is 27.8 Å². The SMILES string of the molecule is CCCc1cc(C(=O)N(c2nc(C#N)c(C#N)[nH]2)S(=O)(=O)c2ccc(C(C)C)cc2)ccc1OC(C(N)=O)c1ccc2c(c1)OCO2. The average Bonchev–Trinajstić information content (AvgIpc) is 3.70. The number of rotatable bonds is 11. The number of nitrogens with two attached hydrogens (primary N) is 1. The van der Waals surface area contributed by atoms with E-state index < -0.39 is 33.9 Å². The van der Waals surface area contributed by atoms with Crippen molar-refractivity contribution < 1.29 is 32.2 Å². The van der Waals surface area contributed by atoms with E-state index in [2.05, 4.69) is 9.97 Å². The fraction of sp³-hybridized carbons (Fsp3) is 0.242. The van der Waals surface area contributed by atoms with Crippen LogP contribution >= 0.6 is 0 Å². The molecule has 47 heavy (non-hydrogen) atoms. The van der Waals surface area contributed by atoms with E-state index >= 15 is 0 Å². The monoisotopic (exact) mass is 654 g/mol. The highest BCUT2D eigenvalue weighted by Crippen LogP contribution is 2.36. The number of primary amides is 1. The number of nitriles is 2. The predicted molar refractivity (Wildman–Crippen MR) is 168 cm³/mol. The number of imidazole rings is 1. The number of fused-ring (bicyclic) bond motifs is 1. The Labute approximate surface area is 271 Å². The number of carbonyl (C=O) groups excluding carboxylic acids is 2. The van der Waals surface area contributed by atoms with Crippen LogP contribution in [-0.2, 0) is 21.2 Å². The minimum Gasteiger partial charge on any atom is -0.476 e. The molecule has 2 heterocycles. The first-order chi connectivity index (χ1) is 22.5. The smallest absolute Gasteiger partial charge is 0.274 e. The quantitative estimate of drug-likeness (QED) is 0.230. The van der Waals surface area contributed by atoms with Crippen LogP contribution in [0.25, 0.3) is 0 Å². The van der Waals surface area contributed by atoms with Gasteiger partial charge in [-0.2, -0.15) is 19.8 Å². The van der Waals surface area contributed by atoms with E-state index in [4.69, 9.17) is 19.9 Å². The summed E-state index contributed by atoms with van der Waals surface area (Å²) in [6.07, 6.45) is -0.215. The highest BCUT2D eigenvalue weighted by molar-refractivity contribution is 7.93. The maximum atomic E-state index is 14.1. The third kappa shape index (κ3) is 6.45. The molecule has 0 radical (unpaired) electrons. The van der Waals surface area contributed by atoms with Crippen LogP contribution in [0, 0.1) is 22.7 Å². The molecule has 240 valence electrons. The van der Waals surface area contributed by atoms with E-state index in [1.807, 2.05) is 20.8 Å². The molecule has 3 N–H and O–H groups in total. The number of anilines is 1. The third-order valence-corrected chi connectivity index (χ3v) is 9.09. The fourth-order valence-electron chi connectivity index (χ4n) is 4.97. The minimum absolute atomic E-state index is 0.0423. The first-order valence-electron chi connectivity index (χ1n) is 14.6. The molecule has 1 unspecified atom stereocenters. The maximum absolute atomic E-state index is 14.1. The first-order valence-corrected chi connectivity index (χ1v) is 16.0. The number of hydrogen-bond donors (Lipinski definition) is 2. The van der Waals surface area contributed by atoms with Gasteiger partial charge >= 0.3 is 0 Å². The van der Waals surface area contributed by atoms with Gasteiger partial charge in [-0.25, -0.2) is 8.42 Å². The largest absolute Gasteiger partial charge is 0.476 e. The zero-order valence-electron chi connectivity index (χ0n) is 25.7. The number of aromatic nitrogens is 2. The van der Waals surface area contributed by atoms with E-state index in [0.717, 1.165) is 5.56 Å². The van der Waals surface area contributed by atoms with Crippen LogP contribution in [0.5, 0.6) is 17.2 Å². The van der Waals surface area contributed by atoms with Gasteiger partial charge in [0, 0.05) is 11.1 Å². The summed E-state index contributed by atoms with van der Waals surface area (Å²) in [7, 11) is -4.61.